The van der Waals surface area contributed by atoms with Gasteiger partial charge in [-0.25, -0.2) is 0 Å². The average Bonchev–Trinajstić information content (AvgIpc) is 2.40. The van der Waals surface area contributed by atoms with Gasteiger partial charge in [-0.2, -0.15) is 13.2 Å². The molecule has 0 aromatic rings. The Labute approximate surface area is 117 Å². The van der Waals surface area contributed by atoms with Crippen LogP contribution in [0.1, 0.15) is 51.4 Å². The molecule has 6 heteroatoms. The molecule has 3 N–H and O–H groups in total. The van der Waals surface area contributed by atoms with Crippen molar-refractivity contribution in [2.45, 2.75) is 69.6 Å². The zero-order chi connectivity index (χ0) is 14.8. The zero-order valence-corrected chi connectivity index (χ0v) is 11.6. The van der Waals surface area contributed by atoms with E-state index in [4.69, 9.17) is 5.73 Å². The van der Waals surface area contributed by atoms with E-state index in [2.05, 4.69) is 5.32 Å². The molecule has 116 valence electrons. The molecule has 2 rings (SSSR count). The minimum absolute atomic E-state index is 0.0605. The van der Waals surface area contributed by atoms with Gasteiger partial charge in [-0.3, -0.25) is 4.79 Å². The van der Waals surface area contributed by atoms with Crippen molar-refractivity contribution < 1.29 is 18.0 Å². The van der Waals surface area contributed by atoms with Crippen molar-refractivity contribution in [3.8, 4) is 0 Å². The van der Waals surface area contributed by atoms with Crippen LogP contribution in [0.2, 0.25) is 0 Å². The number of hydrogen-bond donors (Lipinski definition) is 2. The third-order valence-electron chi connectivity index (χ3n) is 4.65. The molecule has 0 spiro atoms. The highest BCUT2D eigenvalue weighted by Gasteiger charge is 2.43. The number of amides is 1. The van der Waals surface area contributed by atoms with Crippen LogP contribution < -0.4 is 11.1 Å². The molecule has 2 aliphatic rings. The van der Waals surface area contributed by atoms with Gasteiger partial charge in [-0.15, -0.1) is 0 Å². The first-order chi connectivity index (χ1) is 9.38. The third kappa shape index (κ3) is 3.87. The van der Waals surface area contributed by atoms with Crippen LogP contribution in [0.3, 0.4) is 0 Å². The molecule has 0 aliphatic heterocycles. The molecule has 0 aromatic carbocycles. The first kappa shape index (κ1) is 15.6. The first-order valence-corrected chi connectivity index (χ1v) is 7.50. The van der Waals surface area contributed by atoms with E-state index in [1.54, 1.807) is 0 Å². The molecule has 2 saturated carbocycles. The Morgan fingerprint density at radius 2 is 1.75 bits per heavy atom. The van der Waals surface area contributed by atoms with Gasteiger partial charge in [0.25, 0.3) is 0 Å². The number of carbonyl (C=O) groups is 1. The molecule has 4 atom stereocenters. The molecular weight excluding hydrogens is 269 g/mol. The Bertz CT molecular complexity index is 346. The fourth-order valence-corrected chi connectivity index (χ4v) is 3.36. The molecule has 0 heterocycles. The molecular formula is C14H23F3N2O. The fourth-order valence-electron chi connectivity index (χ4n) is 3.36. The van der Waals surface area contributed by atoms with E-state index in [0.717, 1.165) is 25.7 Å². The molecule has 20 heavy (non-hydrogen) atoms. The molecule has 0 bridgehead atoms. The van der Waals surface area contributed by atoms with Gasteiger partial charge >= 0.3 is 6.18 Å². The van der Waals surface area contributed by atoms with Gasteiger partial charge in [0.2, 0.25) is 5.91 Å². The van der Waals surface area contributed by atoms with Crippen molar-refractivity contribution in [3.05, 3.63) is 0 Å². The SMILES string of the molecule is NC1CCCCC1NC(=O)C1CCCC(C(F)(F)F)C1. The minimum atomic E-state index is -4.18. The van der Waals surface area contributed by atoms with Crippen molar-refractivity contribution in [1.29, 1.82) is 0 Å². The summed E-state index contributed by atoms with van der Waals surface area (Å²) in [5.41, 5.74) is 5.96. The van der Waals surface area contributed by atoms with Crippen LogP contribution >= 0.6 is 0 Å². The molecule has 4 unspecified atom stereocenters. The van der Waals surface area contributed by atoms with Crippen LogP contribution in [-0.2, 0) is 4.79 Å². The number of nitrogens with one attached hydrogen (secondary N) is 1. The Morgan fingerprint density at radius 3 is 2.40 bits per heavy atom. The summed E-state index contributed by atoms with van der Waals surface area (Å²) >= 11 is 0. The van der Waals surface area contributed by atoms with Crippen LogP contribution in [0.25, 0.3) is 0 Å². The summed E-state index contributed by atoms with van der Waals surface area (Å²) in [6.07, 6.45) is 0.720. The van der Waals surface area contributed by atoms with Gasteiger partial charge < -0.3 is 11.1 Å². The summed E-state index contributed by atoms with van der Waals surface area (Å²) in [4.78, 5) is 12.2. The fraction of sp³-hybridized carbons (Fsp3) is 0.929. The van der Waals surface area contributed by atoms with Crippen molar-refractivity contribution in [3.63, 3.8) is 0 Å². The van der Waals surface area contributed by atoms with E-state index in [9.17, 15) is 18.0 Å². The van der Waals surface area contributed by atoms with Crippen molar-refractivity contribution >= 4 is 5.91 Å². The second-order valence-electron chi connectivity index (χ2n) is 6.17. The second-order valence-corrected chi connectivity index (χ2v) is 6.17. The van der Waals surface area contributed by atoms with Crippen LogP contribution in [0.4, 0.5) is 13.2 Å². The molecule has 1 amide bonds. The summed E-state index contributed by atoms with van der Waals surface area (Å²) in [7, 11) is 0. The van der Waals surface area contributed by atoms with Gasteiger partial charge in [0, 0.05) is 18.0 Å². The molecule has 0 saturated heterocycles. The summed E-state index contributed by atoms with van der Waals surface area (Å²) in [6, 6.07) is -0.128. The van der Waals surface area contributed by atoms with Crippen LogP contribution in [0.5, 0.6) is 0 Å². The lowest BCUT2D eigenvalue weighted by Crippen LogP contribution is -2.51. The number of carbonyl (C=O) groups excluding carboxylic acids is 1. The van der Waals surface area contributed by atoms with E-state index in [0.29, 0.717) is 12.8 Å². The lowest BCUT2D eigenvalue weighted by Gasteiger charge is -2.33. The summed E-state index contributed by atoms with van der Waals surface area (Å²) in [5.74, 6) is -2.07. The van der Waals surface area contributed by atoms with Crippen molar-refractivity contribution in [1.82, 2.24) is 5.32 Å². The predicted octanol–water partition coefficient (Wildman–Crippen LogP) is 2.74. The zero-order valence-electron chi connectivity index (χ0n) is 11.6. The Balaban J connectivity index is 1.88. The smallest absolute Gasteiger partial charge is 0.352 e. The van der Waals surface area contributed by atoms with E-state index in [1.165, 1.54) is 0 Å². The molecule has 0 radical (unpaired) electrons. The Hall–Kier alpha value is -0.780. The van der Waals surface area contributed by atoms with Crippen LogP contribution in [-0.4, -0.2) is 24.2 Å². The molecule has 2 fully saturated rings. The van der Waals surface area contributed by atoms with Crippen molar-refractivity contribution in [2.24, 2.45) is 17.6 Å². The third-order valence-corrected chi connectivity index (χ3v) is 4.65. The van der Waals surface area contributed by atoms with Crippen LogP contribution in [0, 0.1) is 11.8 Å². The molecule has 0 aromatic heterocycles. The number of rotatable bonds is 2. The Morgan fingerprint density at radius 1 is 1.05 bits per heavy atom. The van der Waals surface area contributed by atoms with E-state index < -0.39 is 18.0 Å². The topological polar surface area (TPSA) is 55.1 Å². The lowest BCUT2D eigenvalue weighted by molar-refractivity contribution is -0.186. The predicted molar refractivity (Wildman–Crippen MR) is 69.9 cm³/mol. The largest absolute Gasteiger partial charge is 0.391 e. The second kappa shape index (κ2) is 6.33. The Kier molecular flexibility index (Phi) is 4.94. The molecule has 2 aliphatic carbocycles. The molecule has 3 nitrogen and oxygen atoms in total. The van der Waals surface area contributed by atoms with Gasteiger partial charge in [-0.1, -0.05) is 19.3 Å². The number of nitrogens with two attached hydrogens (primary N) is 1. The number of halogens is 3. The summed E-state index contributed by atoms with van der Waals surface area (Å²) < 4.78 is 38.2. The van der Waals surface area contributed by atoms with Gasteiger partial charge in [0.05, 0.1) is 5.92 Å². The van der Waals surface area contributed by atoms with Crippen LogP contribution in [0.15, 0.2) is 0 Å². The van der Waals surface area contributed by atoms with E-state index in [-0.39, 0.29) is 30.8 Å². The lowest BCUT2D eigenvalue weighted by atomic mass is 9.80. The maximum atomic E-state index is 12.7. The minimum Gasteiger partial charge on any atom is -0.352 e. The summed E-state index contributed by atoms with van der Waals surface area (Å²) in [5, 5.41) is 2.88. The average molecular weight is 292 g/mol. The monoisotopic (exact) mass is 292 g/mol. The van der Waals surface area contributed by atoms with Gasteiger partial charge in [0.1, 0.15) is 0 Å². The van der Waals surface area contributed by atoms with E-state index in [1.807, 2.05) is 0 Å². The van der Waals surface area contributed by atoms with Gasteiger partial charge in [-0.05, 0) is 32.1 Å². The highest BCUT2D eigenvalue weighted by atomic mass is 19.4. The van der Waals surface area contributed by atoms with E-state index >= 15 is 0 Å². The van der Waals surface area contributed by atoms with Crippen molar-refractivity contribution in [2.75, 3.05) is 0 Å². The highest BCUT2D eigenvalue weighted by molar-refractivity contribution is 5.79. The normalized spacial score (nSPS) is 35.6. The number of hydrogen-bond acceptors (Lipinski definition) is 2. The highest BCUT2D eigenvalue weighted by Crippen LogP contribution is 2.40. The van der Waals surface area contributed by atoms with Gasteiger partial charge in [0.15, 0.2) is 0 Å². The maximum Gasteiger partial charge on any atom is 0.391 e. The first-order valence-electron chi connectivity index (χ1n) is 7.50. The maximum absolute atomic E-state index is 12.7. The standard InChI is InChI=1S/C14H23F3N2O/c15-14(16,17)10-5-3-4-9(8-10)13(20)19-12-7-2-1-6-11(12)18/h9-12H,1-8,18H2,(H,19,20). The summed E-state index contributed by atoms with van der Waals surface area (Å²) in [6.45, 7) is 0. The number of alkyl halides is 3. The quantitative estimate of drug-likeness (QED) is 0.822.